The highest BCUT2D eigenvalue weighted by Gasteiger charge is 2.18. The van der Waals surface area contributed by atoms with Gasteiger partial charge >= 0.3 is 5.97 Å². The Balaban J connectivity index is 2.38. The fourth-order valence-electron chi connectivity index (χ4n) is 1.67. The fourth-order valence-corrected chi connectivity index (χ4v) is 2.62. The molecule has 0 aliphatic carbocycles. The molecule has 7 heteroatoms. The Morgan fingerprint density at radius 2 is 2.05 bits per heavy atom. The second kappa shape index (κ2) is 6.27. The average molecular weight is 305 g/mol. The summed E-state index contributed by atoms with van der Waals surface area (Å²) in [6, 6.07) is 10.9. The molecule has 2 aromatic rings. The van der Waals surface area contributed by atoms with Crippen molar-refractivity contribution in [3.8, 4) is 5.75 Å². The topological polar surface area (TPSA) is 89.7 Å². The standard InChI is InChI=1S/C14H11NO5S/c1-20-10-3-2-4-11(8-10)21-13-6-5-9(14(16)17)7-12(13)15(18)19/h2-8H,1H3,(H,16,17). The fraction of sp³-hybridized carbons (Fsp3) is 0.0714. The number of nitro groups is 1. The summed E-state index contributed by atoms with van der Waals surface area (Å²) < 4.78 is 5.10. The number of hydrogen-bond donors (Lipinski definition) is 1. The van der Waals surface area contributed by atoms with Crippen LogP contribution in [-0.2, 0) is 0 Å². The van der Waals surface area contributed by atoms with Crippen molar-refractivity contribution >= 4 is 23.4 Å². The van der Waals surface area contributed by atoms with Crippen molar-refractivity contribution in [1.82, 2.24) is 0 Å². The molecule has 0 saturated heterocycles. The van der Waals surface area contributed by atoms with E-state index in [4.69, 9.17) is 9.84 Å². The number of ether oxygens (including phenoxy) is 1. The van der Waals surface area contributed by atoms with Crippen LogP contribution >= 0.6 is 11.8 Å². The molecule has 6 nitrogen and oxygen atoms in total. The van der Waals surface area contributed by atoms with Crippen LogP contribution in [0.3, 0.4) is 0 Å². The Morgan fingerprint density at radius 3 is 2.67 bits per heavy atom. The van der Waals surface area contributed by atoms with Crippen molar-refractivity contribution in [2.24, 2.45) is 0 Å². The maximum atomic E-state index is 11.1. The van der Waals surface area contributed by atoms with E-state index in [1.54, 1.807) is 24.3 Å². The van der Waals surface area contributed by atoms with E-state index in [-0.39, 0.29) is 11.3 Å². The Morgan fingerprint density at radius 1 is 1.29 bits per heavy atom. The molecule has 0 aromatic heterocycles. The zero-order valence-corrected chi connectivity index (χ0v) is 11.8. The van der Waals surface area contributed by atoms with Gasteiger partial charge < -0.3 is 9.84 Å². The van der Waals surface area contributed by atoms with Gasteiger partial charge in [0.25, 0.3) is 5.69 Å². The molecule has 0 unspecified atom stereocenters. The number of methoxy groups -OCH3 is 1. The minimum Gasteiger partial charge on any atom is -0.497 e. The first-order chi connectivity index (χ1) is 10.0. The van der Waals surface area contributed by atoms with Crippen molar-refractivity contribution in [3.63, 3.8) is 0 Å². The number of carboxylic acids is 1. The number of benzene rings is 2. The van der Waals surface area contributed by atoms with Gasteiger partial charge in [0.2, 0.25) is 0 Å². The van der Waals surface area contributed by atoms with E-state index in [9.17, 15) is 14.9 Å². The smallest absolute Gasteiger partial charge is 0.335 e. The Bertz CT molecular complexity index is 702. The summed E-state index contributed by atoms with van der Waals surface area (Å²) in [5.41, 5.74) is -0.348. The number of nitrogens with zero attached hydrogens (tertiary/aromatic N) is 1. The molecule has 0 spiro atoms. The van der Waals surface area contributed by atoms with E-state index in [2.05, 4.69) is 0 Å². The van der Waals surface area contributed by atoms with Crippen LogP contribution in [-0.4, -0.2) is 23.1 Å². The van der Waals surface area contributed by atoms with E-state index < -0.39 is 10.9 Å². The van der Waals surface area contributed by atoms with Gasteiger partial charge in [-0.15, -0.1) is 0 Å². The lowest BCUT2D eigenvalue weighted by molar-refractivity contribution is -0.387. The first kappa shape index (κ1) is 14.9. The molecule has 0 fully saturated rings. The van der Waals surface area contributed by atoms with Gasteiger partial charge in [-0.05, 0) is 30.3 Å². The highest BCUT2D eigenvalue weighted by Crippen LogP contribution is 2.36. The summed E-state index contributed by atoms with van der Waals surface area (Å²) in [6.07, 6.45) is 0. The van der Waals surface area contributed by atoms with Crippen LogP contribution in [0.5, 0.6) is 5.75 Å². The van der Waals surface area contributed by atoms with Crippen LogP contribution < -0.4 is 4.74 Å². The maximum absolute atomic E-state index is 11.1. The number of nitro benzene ring substituents is 1. The monoisotopic (exact) mass is 305 g/mol. The number of aromatic carboxylic acids is 1. The first-order valence-corrected chi connectivity index (χ1v) is 6.66. The third-order valence-electron chi connectivity index (χ3n) is 2.67. The molecule has 0 atom stereocenters. The summed E-state index contributed by atoms with van der Waals surface area (Å²) in [7, 11) is 1.54. The van der Waals surface area contributed by atoms with Crippen molar-refractivity contribution in [3.05, 3.63) is 58.1 Å². The van der Waals surface area contributed by atoms with E-state index in [0.717, 1.165) is 11.0 Å². The zero-order valence-electron chi connectivity index (χ0n) is 11.0. The molecule has 0 radical (unpaired) electrons. The molecule has 0 bridgehead atoms. The zero-order chi connectivity index (χ0) is 15.4. The van der Waals surface area contributed by atoms with Crippen LogP contribution in [0.1, 0.15) is 10.4 Å². The Kier molecular flexibility index (Phi) is 4.44. The number of hydrogen-bond acceptors (Lipinski definition) is 5. The Hall–Kier alpha value is -2.54. The SMILES string of the molecule is COc1cccc(Sc2ccc(C(=O)O)cc2[N+](=O)[O-])c1. The normalized spacial score (nSPS) is 10.1. The number of rotatable bonds is 5. The number of carboxylic acid groups (broad SMARTS) is 1. The minimum absolute atomic E-state index is 0.114. The summed E-state index contributed by atoms with van der Waals surface area (Å²) in [4.78, 5) is 22.5. The summed E-state index contributed by atoms with van der Waals surface area (Å²) in [6.45, 7) is 0. The van der Waals surface area contributed by atoms with Gasteiger partial charge in [-0.2, -0.15) is 0 Å². The van der Waals surface area contributed by atoms with E-state index in [1.807, 2.05) is 0 Å². The van der Waals surface area contributed by atoms with E-state index >= 15 is 0 Å². The molecule has 0 heterocycles. The van der Waals surface area contributed by atoms with Crippen LogP contribution in [0.4, 0.5) is 5.69 Å². The molecular formula is C14H11NO5S. The lowest BCUT2D eigenvalue weighted by Gasteiger charge is -2.06. The van der Waals surface area contributed by atoms with Crippen molar-refractivity contribution < 1.29 is 19.6 Å². The molecule has 21 heavy (non-hydrogen) atoms. The molecule has 1 N–H and O–H groups in total. The largest absolute Gasteiger partial charge is 0.497 e. The van der Waals surface area contributed by atoms with Gasteiger partial charge in [0.1, 0.15) is 5.75 Å². The molecule has 2 aromatic carbocycles. The quantitative estimate of drug-likeness (QED) is 0.672. The predicted molar refractivity (Wildman–Crippen MR) is 77.2 cm³/mol. The molecular weight excluding hydrogens is 294 g/mol. The van der Waals surface area contributed by atoms with Crippen LogP contribution in [0, 0.1) is 10.1 Å². The maximum Gasteiger partial charge on any atom is 0.335 e. The molecule has 0 aliphatic heterocycles. The lowest BCUT2D eigenvalue weighted by atomic mass is 10.2. The molecule has 108 valence electrons. The summed E-state index contributed by atoms with van der Waals surface area (Å²) in [5, 5.41) is 20.0. The van der Waals surface area contributed by atoms with Crippen LogP contribution in [0.25, 0.3) is 0 Å². The van der Waals surface area contributed by atoms with Crippen molar-refractivity contribution in [2.75, 3.05) is 7.11 Å². The third-order valence-corrected chi connectivity index (χ3v) is 3.73. The second-order valence-electron chi connectivity index (χ2n) is 4.03. The Labute approximate surface area is 124 Å². The second-order valence-corrected chi connectivity index (χ2v) is 5.14. The highest BCUT2D eigenvalue weighted by atomic mass is 32.2. The average Bonchev–Trinajstić information content (AvgIpc) is 2.47. The lowest BCUT2D eigenvalue weighted by Crippen LogP contribution is -1.99. The summed E-state index contributed by atoms with van der Waals surface area (Å²) in [5.74, 6) is -0.555. The van der Waals surface area contributed by atoms with Gasteiger partial charge in [-0.1, -0.05) is 17.8 Å². The van der Waals surface area contributed by atoms with Crippen LogP contribution in [0.2, 0.25) is 0 Å². The summed E-state index contributed by atoms with van der Waals surface area (Å²) >= 11 is 1.18. The van der Waals surface area contributed by atoms with Gasteiger partial charge in [-0.25, -0.2) is 4.79 Å². The predicted octanol–water partition coefficient (Wildman–Crippen LogP) is 3.45. The number of carbonyl (C=O) groups is 1. The van der Waals surface area contributed by atoms with E-state index in [0.29, 0.717) is 10.6 Å². The van der Waals surface area contributed by atoms with Gasteiger partial charge in [-0.3, -0.25) is 10.1 Å². The highest BCUT2D eigenvalue weighted by molar-refractivity contribution is 7.99. The van der Waals surface area contributed by atoms with Gasteiger partial charge in [0.05, 0.1) is 22.5 Å². The molecule has 0 saturated carbocycles. The van der Waals surface area contributed by atoms with Gasteiger partial charge in [0, 0.05) is 11.0 Å². The van der Waals surface area contributed by atoms with Crippen molar-refractivity contribution in [1.29, 1.82) is 0 Å². The van der Waals surface area contributed by atoms with Crippen LogP contribution in [0.15, 0.2) is 52.3 Å². The molecule has 2 rings (SSSR count). The molecule has 0 amide bonds. The molecule has 0 aliphatic rings. The van der Waals surface area contributed by atoms with Gasteiger partial charge in [0.15, 0.2) is 0 Å². The first-order valence-electron chi connectivity index (χ1n) is 5.85. The third kappa shape index (κ3) is 3.51. The minimum atomic E-state index is -1.20. The van der Waals surface area contributed by atoms with Crippen molar-refractivity contribution in [2.45, 2.75) is 9.79 Å². The van der Waals surface area contributed by atoms with E-state index in [1.165, 1.54) is 31.0 Å².